The van der Waals surface area contributed by atoms with E-state index in [2.05, 4.69) is 10.3 Å². The molecule has 1 amide bonds. The Hall–Kier alpha value is -1.73. The highest BCUT2D eigenvalue weighted by Crippen LogP contribution is 2.31. The Kier molecular flexibility index (Phi) is 5.46. The number of nitrogen functional groups attached to an aromatic ring is 1. The maximum absolute atomic E-state index is 12.0. The molecule has 5 nitrogen and oxygen atoms in total. The molecular weight excluding hydrogens is 306 g/mol. The standard InChI is InChI=1S/C14H17N3O2S2/c1-3-19-11-7-5-4-6-10(11)17-12(18)8-20-13-9(2)16-14(15)21-13/h4-7H,3,8H2,1-2H3,(H2,15,16)(H,17,18). The molecule has 1 heterocycles. The van der Waals surface area contributed by atoms with Crippen LogP contribution in [0.2, 0.25) is 0 Å². The minimum atomic E-state index is -0.0847. The molecule has 0 atom stereocenters. The van der Waals surface area contributed by atoms with Crippen LogP contribution in [0, 0.1) is 6.92 Å². The molecule has 3 N–H and O–H groups in total. The van der Waals surface area contributed by atoms with Crippen molar-refractivity contribution in [3.63, 3.8) is 0 Å². The molecule has 2 aromatic rings. The van der Waals surface area contributed by atoms with Crippen LogP contribution in [0.1, 0.15) is 12.6 Å². The Balaban J connectivity index is 1.94. The zero-order chi connectivity index (χ0) is 15.2. The van der Waals surface area contributed by atoms with E-state index in [1.807, 2.05) is 38.1 Å². The molecule has 0 aliphatic rings. The number of nitrogens with two attached hydrogens (primary N) is 1. The molecule has 0 saturated heterocycles. The first kappa shape index (κ1) is 15.7. The first-order valence-corrected chi connectivity index (χ1v) is 8.27. The lowest BCUT2D eigenvalue weighted by molar-refractivity contribution is -0.113. The highest BCUT2D eigenvalue weighted by Gasteiger charge is 2.11. The molecule has 0 aliphatic heterocycles. The first-order chi connectivity index (χ1) is 10.1. The highest BCUT2D eigenvalue weighted by molar-refractivity contribution is 8.01. The predicted molar refractivity (Wildman–Crippen MR) is 88.2 cm³/mol. The number of carbonyl (C=O) groups is 1. The van der Waals surface area contributed by atoms with Gasteiger partial charge in [0, 0.05) is 0 Å². The topological polar surface area (TPSA) is 77.2 Å². The third-order valence-corrected chi connectivity index (χ3v) is 4.91. The molecule has 2 rings (SSSR count). The summed E-state index contributed by atoms with van der Waals surface area (Å²) in [5.41, 5.74) is 7.19. The van der Waals surface area contributed by atoms with E-state index >= 15 is 0 Å². The fraction of sp³-hybridized carbons (Fsp3) is 0.286. The van der Waals surface area contributed by atoms with Crippen molar-refractivity contribution < 1.29 is 9.53 Å². The van der Waals surface area contributed by atoms with E-state index in [0.29, 0.717) is 28.9 Å². The molecule has 0 saturated carbocycles. The van der Waals surface area contributed by atoms with Crippen LogP contribution in [0.4, 0.5) is 10.8 Å². The van der Waals surface area contributed by atoms with Crippen molar-refractivity contribution in [2.75, 3.05) is 23.4 Å². The van der Waals surface area contributed by atoms with Gasteiger partial charge in [-0.3, -0.25) is 4.79 Å². The molecule has 0 aliphatic carbocycles. The molecule has 0 fully saturated rings. The number of aryl methyl sites for hydroxylation is 1. The number of carbonyl (C=O) groups excluding carboxylic acids is 1. The maximum atomic E-state index is 12.0. The van der Waals surface area contributed by atoms with Crippen molar-refractivity contribution in [1.82, 2.24) is 4.98 Å². The number of thioether (sulfide) groups is 1. The molecule has 21 heavy (non-hydrogen) atoms. The average Bonchev–Trinajstić information content (AvgIpc) is 2.77. The molecule has 1 aromatic carbocycles. The lowest BCUT2D eigenvalue weighted by atomic mass is 10.3. The van der Waals surface area contributed by atoms with Crippen LogP contribution < -0.4 is 15.8 Å². The maximum Gasteiger partial charge on any atom is 0.234 e. The van der Waals surface area contributed by atoms with Gasteiger partial charge in [-0.1, -0.05) is 23.5 Å². The van der Waals surface area contributed by atoms with Crippen LogP contribution in [0.5, 0.6) is 5.75 Å². The van der Waals surface area contributed by atoms with Crippen LogP contribution >= 0.6 is 23.1 Å². The van der Waals surface area contributed by atoms with Crippen molar-refractivity contribution in [2.24, 2.45) is 0 Å². The monoisotopic (exact) mass is 323 g/mol. The SMILES string of the molecule is CCOc1ccccc1NC(=O)CSc1sc(N)nc1C. The molecule has 1 aromatic heterocycles. The quantitative estimate of drug-likeness (QED) is 0.799. The number of aromatic nitrogens is 1. The molecule has 0 unspecified atom stereocenters. The van der Waals surface area contributed by atoms with Gasteiger partial charge in [-0.25, -0.2) is 4.98 Å². The average molecular weight is 323 g/mol. The summed E-state index contributed by atoms with van der Waals surface area (Å²) in [6.07, 6.45) is 0. The number of thiazole rings is 1. The van der Waals surface area contributed by atoms with Gasteiger partial charge in [0.15, 0.2) is 5.13 Å². The molecule has 0 radical (unpaired) electrons. The Morgan fingerprint density at radius 2 is 2.24 bits per heavy atom. The van der Waals surface area contributed by atoms with Crippen LogP contribution in [0.15, 0.2) is 28.5 Å². The van der Waals surface area contributed by atoms with Gasteiger partial charge in [0.05, 0.1) is 28.0 Å². The van der Waals surface area contributed by atoms with E-state index in [9.17, 15) is 4.79 Å². The van der Waals surface area contributed by atoms with Gasteiger partial charge in [-0.15, -0.1) is 11.8 Å². The van der Waals surface area contributed by atoms with Crippen molar-refractivity contribution in [3.8, 4) is 5.75 Å². The van der Waals surface area contributed by atoms with Gasteiger partial charge in [0.2, 0.25) is 5.91 Å². The highest BCUT2D eigenvalue weighted by atomic mass is 32.2. The summed E-state index contributed by atoms with van der Waals surface area (Å²) in [6, 6.07) is 7.39. The number of benzene rings is 1. The second-order valence-electron chi connectivity index (χ2n) is 4.19. The predicted octanol–water partition coefficient (Wildman–Crippen LogP) is 3.16. The number of nitrogens with zero attached hydrogens (tertiary/aromatic N) is 1. The summed E-state index contributed by atoms with van der Waals surface area (Å²) in [6.45, 7) is 4.35. The summed E-state index contributed by atoms with van der Waals surface area (Å²) in [5.74, 6) is 0.901. The molecule has 7 heteroatoms. The number of rotatable bonds is 6. The zero-order valence-corrected chi connectivity index (χ0v) is 13.5. The second kappa shape index (κ2) is 7.33. The van der Waals surface area contributed by atoms with Crippen molar-refractivity contribution >= 4 is 39.8 Å². The van der Waals surface area contributed by atoms with Crippen LogP contribution in [0.25, 0.3) is 0 Å². The summed E-state index contributed by atoms with van der Waals surface area (Å²) in [4.78, 5) is 16.2. The van der Waals surface area contributed by atoms with Crippen LogP contribution in [0.3, 0.4) is 0 Å². The lowest BCUT2D eigenvalue weighted by Gasteiger charge is -2.10. The second-order valence-corrected chi connectivity index (χ2v) is 6.47. The lowest BCUT2D eigenvalue weighted by Crippen LogP contribution is -2.14. The molecule has 0 bridgehead atoms. The van der Waals surface area contributed by atoms with E-state index in [-0.39, 0.29) is 5.91 Å². The number of amides is 1. The van der Waals surface area contributed by atoms with E-state index in [4.69, 9.17) is 10.5 Å². The van der Waals surface area contributed by atoms with Crippen molar-refractivity contribution in [2.45, 2.75) is 18.1 Å². The smallest absolute Gasteiger partial charge is 0.234 e. The van der Waals surface area contributed by atoms with Gasteiger partial charge >= 0.3 is 0 Å². The van der Waals surface area contributed by atoms with Crippen molar-refractivity contribution in [3.05, 3.63) is 30.0 Å². The van der Waals surface area contributed by atoms with Gasteiger partial charge in [-0.2, -0.15) is 0 Å². The number of hydrogen-bond donors (Lipinski definition) is 2. The van der Waals surface area contributed by atoms with E-state index < -0.39 is 0 Å². The minimum Gasteiger partial charge on any atom is -0.492 e. The normalized spacial score (nSPS) is 10.4. The zero-order valence-electron chi connectivity index (χ0n) is 11.9. The van der Waals surface area contributed by atoms with Crippen LogP contribution in [-0.4, -0.2) is 23.3 Å². The van der Waals surface area contributed by atoms with Crippen LogP contribution in [-0.2, 0) is 4.79 Å². The third-order valence-electron chi connectivity index (χ3n) is 2.57. The van der Waals surface area contributed by atoms with Gasteiger partial charge in [0.25, 0.3) is 0 Å². The molecule has 0 spiro atoms. The number of anilines is 2. The number of ether oxygens (including phenoxy) is 1. The first-order valence-electron chi connectivity index (χ1n) is 6.47. The van der Waals surface area contributed by atoms with E-state index in [1.165, 1.54) is 23.1 Å². The largest absolute Gasteiger partial charge is 0.492 e. The van der Waals surface area contributed by atoms with E-state index in [0.717, 1.165) is 9.90 Å². The Morgan fingerprint density at radius 1 is 1.48 bits per heavy atom. The number of para-hydroxylation sites is 2. The number of hydrogen-bond acceptors (Lipinski definition) is 6. The Labute approximate surface area is 131 Å². The van der Waals surface area contributed by atoms with Gasteiger partial charge in [0.1, 0.15) is 5.75 Å². The third kappa shape index (κ3) is 4.37. The summed E-state index contributed by atoms with van der Waals surface area (Å²) in [5, 5.41) is 3.39. The Bertz CT molecular complexity index is 628. The van der Waals surface area contributed by atoms with E-state index in [1.54, 1.807) is 0 Å². The fourth-order valence-electron chi connectivity index (χ4n) is 1.71. The molecule has 112 valence electrons. The fourth-order valence-corrected chi connectivity index (χ4v) is 3.53. The molecular formula is C14H17N3O2S2. The summed E-state index contributed by atoms with van der Waals surface area (Å²) in [7, 11) is 0. The minimum absolute atomic E-state index is 0.0847. The van der Waals surface area contributed by atoms with Gasteiger partial charge in [-0.05, 0) is 26.0 Å². The summed E-state index contributed by atoms with van der Waals surface area (Å²) >= 11 is 2.84. The van der Waals surface area contributed by atoms with Crippen molar-refractivity contribution in [1.29, 1.82) is 0 Å². The Morgan fingerprint density at radius 3 is 2.90 bits per heavy atom. The summed E-state index contributed by atoms with van der Waals surface area (Å²) < 4.78 is 6.45. The number of nitrogens with one attached hydrogen (secondary N) is 1. The van der Waals surface area contributed by atoms with Gasteiger partial charge < -0.3 is 15.8 Å².